The Kier molecular flexibility index (Phi) is 4.56. The number of aromatic nitrogens is 1. The number of hydrogen-bond donors (Lipinski definition) is 2. The quantitative estimate of drug-likeness (QED) is 0.785. The zero-order valence-corrected chi connectivity index (χ0v) is 10.7. The summed E-state index contributed by atoms with van der Waals surface area (Å²) in [6, 6.07) is 3.28. The molecule has 1 aliphatic carbocycles. The van der Waals surface area contributed by atoms with Crippen LogP contribution in [0, 0.1) is 5.92 Å². The zero-order chi connectivity index (χ0) is 12.8. The van der Waals surface area contributed by atoms with E-state index in [1.807, 2.05) is 0 Å². The van der Waals surface area contributed by atoms with Crippen molar-refractivity contribution in [3.8, 4) is 0 Å². The van der Waals surface area contributed by atoms with Crippen LogP contribution in [0.4, 0.5) is 5.69 Å². The Morgan fingerprint density at radius 1 is 1.44 bits per heavy atom. The van der Waals surface area contributed by atoms with Crippen molar-refractivity contribution in [1.82, 2.24) is 10.3 Å². The van der Waals surface area contributed by atoms with E-state index in [2.05, 4.69) is 10.3 Å². The van der Waals surface area contributed by atoms with Crippen molar-refractivity contribution in [3.63, 3.8) is 0 Å². The first-order valence-corrected chi connectivity index (χ1v) is 6.75. The number of pyridine rings is 1. The predicted molar refractivity (Wildman–Crippen MR) is 72.2 cm³/mol. The molecule has 0 aromatic carbocycles. The highest BCUT2D eigenvalue weighted by atomic mass is 16.1. The van der Waals surface area contributed by atoms with E-state index in [1.165, 1.54) is 32.1 Å². The molecule has 1 aromatic rings. The molecule has 3 N–H and O–H groups in total. The van der Waals surface area contributed by atoms with Crippen LogP contribution in [0.2, 0.25) is 0 Å². The molecule has 0 atom stereocenters. The summed E-state index contributed by atoms with van der Waals surface area (Å²) in [7, 11) is 0. The molecule has 1 aromatic heterocycles. The minimum absolute atomic E-state index is 0.131. The number of anilines is 1. The van der Waals surface area contributed by atoms with Gasteiger partial charge in [0.15, 0.2) is 0 Å². The van der Waals surface area contributed by atoms with Crippen molar-refractivity contribution >= 4 is 11.6 Å². The summed E-state index contributed by atoms with van der Waals surface area (Å²) >= 11 is 0. The van der Waals surface area contributed by atoms with Crippen LogP contribution in [0.3, 0.4) is 0 Å². The van der Waals surface area contributed by atoms with E-state index in [4.69, 9.17) is 5.73 Å². The van der Waals surface area contributed by atoms with Gasteiger partial charge >= 0.3 is 0 Å². The minimum atomic E-state index is -0.131. The topological polar surface area (TPSA) is 68.0 Å². The smallest absolute Gasteiger partial charge is 0.269 e. The second-order valence-electron chi connectivity index (χ2n) is 5.02. The maximum absolute atomic E-state index is 11.8. The molecule has 0 saturated heterocycles. The van der Waals surface area contributed by atoms with E-state index >= 15 is 0 Å². The van der Waals surface area contributed by atoms with E-state index in [9.17, 15) is 4.79 Å². The number of nitrogens with one attached hydrogen (secondary N) is 1. The second kappa shape index (κ2) is 6.38. The van der Waals surface area contributed by atoms with Crippen LogP contribution < -0.4 is 11.1 Å². The number of nitrogens with zero attached hydrogens (tertiary/aromatic N) is 1. The van der Waals surface area contributed by atoms with Gasteiger partial charge in [0, 0.05) is 18.4 Å². The Morgan fingerprint density at radius 3 is 2.94 bits per heavy atom. The summed E-state index contributed by atoms with van der Waals surface area (Å²) in [5.74, 6) is 0.751. The van der Waals surface area contributed by atoms with Crippen molar-refractivity contribution < 1.29 is 4.79 Å². The van der Waals surface area contributed by atoms with Gasteiger partial charge in [-0.1, -0.05) is 25.7 Å². The van der Waals surface area contributed by atoms with Crippen LogP contribution in [-0.2, 0) is 0 Å². The number of carbonyl (C=O) groups is 1. The lowest BCUT2D eigenvalue weighted by atomic mass is 10.0. The van der Waals surface area contributed by atoms with Gasteiger partial charge in [-0.15, -0.1) is 0 Å². The summed E-state index contributed by atoms with van der Waals surface area (Å²) in [4.78, 5) is 15.8. The lowest BCUT2D eigenvalue weighted by molar-refractivity contribution is 0.0947. The Bertz CT molecular complexity index is 400. The van der Waals surface area contributed by atoms with E-state index < -0.39 is 0 Å². The molecule has 4 heteroatoms. The summed E-state index contributed by atoms with van der Waals surface area (Å²) in [5, 5.41) is 2.89. The van der Waals surface area contributed by atoms with Crippen molar-refractivity contribution in [2.75, 3.05) is 12.3 Å². The lowest BCUT2D eigenvalue weighted by Crippen LogP contribution is -2.25. The molecular weight excluding hydrogens is 226 g/mol. The van der Waals surface area contributed by atoms with Crippen molar-refractivity contribution in [3.05, 3.63) is 24.0 Å². The van der Waals surface area contributed by atoms with E-state index in [0.717, 1.165) is 18.9 Å². The SMILES string of the molecule is Nc1ccnc(C(=O)NCCCC2CCCC2)c1. The first kappa shape index (κ1) is 12.9. The van der Waals surface area contributed by atoms with Crippen molar-refractivity contribution in [2.24, 2.45) is 5.92 Å². The van der Waals surface area contributed by atoms with Crippen LogP contribution in [0.1, 0.15) is 49.0 Å². The molecule has 2 rings (SSSR count). The predicted octanol–water partition coefficient (Wildman–Crippen LogP) is 2.36. The molecule has 1 heterocycles. The second-order valence-corrected chi connectivity index (χ2v) is 5.02. The van der Waals surface area contributed by atoms with Crippen LogP contribution in [0.15, 0.2) is 18.3 Å². The third-order valence-corrected chi connectivity index (χ3v) is 3.57. The van der Waals surface area contributed by atoms with Crippen LogP contribution in [0.5, 0.6) is 0 Å². The van der Waals surface area contributed by atoms with Crippen LogP contribution in [0.25, 0.3) is 0 Å². The molecule has 1 saturated carbocycles. The Balaban J connectivity index is 1.68. The summed E-state index contributed by atoms with van der Waals surface area (Å²) in [6.45, 7) is 0.728. The molecule has 0 aliphatic heterocycles. The van der Waals surface area contributed by atoms with E-state index in [1.54, 1.807) is 18.3 Å². The first-order valence-electron chi connectivity index (χ1n) is 6.75. The van der Waals surface area contributed by atoms with Gasteiger partial charge in [0.2, 0.25) is 0 Å². The van der Waals surface area contributed by atoms with Crippen molar-refractivity contribution in [2.45, 2.75) is 38.5 Å². The molecule has 0 spiro atoms. The van der Waals surface area contributed by atoms with Gasteiger partial charge in [-0.3, -0.25) is 9.78 Å². The summed E-state index contributed by atoms with van der Waals surface area (Å²) in [5.41, 5.74) is 6.58. The van der Waals surface area contributed by atoms with Gasteiger partial charge in [-0.05, 0) is 30.9 Å². The first-order chi connectivity index (χ1) is 8.75. The highest BCUT2D eigenvalue weighted by Crippen LogP contribution is 2.28. The minimum Gasteiger partial charge on any atom is -0.399 e. The Hall–Kier alpha value is -1.58. The molecule has 1 fully saturated rings. The lowest BCUT2D eigenvalue weighted by Gasteiger charge is -2.09. The van der Waals surface area contributed by atoms with Gasteiger partial charge in [0.1, 0.15) is 5.69 Å². The van der Waals surface area contributed by atoms with Gasteiger partial charge in [-0.25, -0.2) is 0 Å². The third-order valence-electron chi connectivity index (χ3n) is 3.57. The van der Waals surface area contributed by atoms with E-state index in [-0.39, 0.29) is 5.91 Å². The number of nitrogen functional groups attached to an aromatic ring is 1. The average Bonchev–Trinajstić information content (AvgIpc) is 2.87. The maximum Gasteiger partial charge on any atom is 0.269 e. The molecule has 18 heavy (non-hydrogen) atoms. The molecule has 0 bridgehead atoms. The molecule has 1 aliphatic rings. The van der Waals surface area contributed by atoms with Crippen LogP contribution in [-0.4, -0.2) is 17.4 Å². The van der Waals surface area contributed by atoms with Gasteiger partial charge in [-0.2, -0.15) is 0 Å². The van der Waals surface area contributed by atoms with Gasteiger partial charge in [0.05, 0.1) is 0 Å². The number of rotatable bonds is 5. The third kappa shape index (κ3) is 3.72. The van der Waals surface area contributed by atoms with Crippen LogP contribution >= 0.6 is 0 Å². The average molecular weight is 247 g/mol. The normalized spacial score (nSPS) is 15.8. The fraction of sp³-hybridized carbons (Fsp3) is 0.571. The molecule has 1 amide bonds. The molecule has 0 radical (unpaired) electrons. The highest BCUT2D eigenvalue weighted by molar-refractivity contribution is 5.92. The number of carbonyl (C=O) groups excluding carboxylic acids is 1. The van der Waals surface area contributed by atoms with Crippen molar-refractivity contribution in [1.29, 1.82) is 0 Å². The number of hydrogen-bond acceptors (Lipinski definition) is 3. The summed E-state index contributed by atoms with van der Waals surface area (Å²) < 4.78 is 0. The fourth-order valence-electron chi connectivity index (χ4n) is 2.55. The standard InChI is InChI=1S/C14H21N3O/c15-12-7-9-16-13(10-12)14(18)17-8-3-6-11-4-1-2-5-11/h7,9-11H,1-6,8H2,(H2,15,16)(H,17,18). The molecular formula is C14H21N3O. The molecule has 0 unspecified atom stereocenters. The van der Waals surface area contributed by atoms with Gasteiger partial charge < -0.3 is 11.1 Å². The maximum atomic E-state index is 11.8. The monoisotopic (exact) mass is 247 g/mol. The fourth-order valence-corrected chi connectivity index (χ4v) is 2.55. The number of nitrogens with two attached hydrogens (primary N) is 1. The number of amides is 1. The highest BCUT2D eigenvalue weighted by Gasteiger charge is 2.14. The Morgan fingerprint density at radius 2 is 2.22 bits per heavy atom. The summed E-state index contributed by atoms with van der Waals surface area (Å²) in [6.07, 6.45) is 9.33. The van der Waals surface area contributed by atoms with E-state index in [0.29, 0.717) is 11.4 Å². The van der Waals surface area contributed by atoms with Gasteiger partial charge in [0.25, 0.3) is 5.91 Å². The Labute approximate surface area is 108 Å². The molecule has 4 nitrogen and oxygen atoms in total. The zero-order valence-electron chi connectivity index (χ0n) is 10.7. The molecule has 98 valence electrons. The largest absolute Gasteiger partial charge is 0.399 e.